The first-order valence-corrected chi connectivity index (χ1v) is 5.66. The molecule has 1 amide bonds. The fourth-order valence-electron chi connectivity index (χ4n) is 2.82. The molecule has 0 aromatic carbocycles. The van der Waals surface area contributed by atoms with Gasteiger partial charge in [-0.25, -0.2) is 0 Å². The zero-order chi connectivity index (χ0) is 10.9. The third-order valence-corrected chi connectivity index (χ3v) is 3.69. The van der Waals surface area contributed by atoms with E-state index in [0.717, 1.165) is 25.7 Å². The molecule has 5 N–H and O–H groups in total. The number of rotatable bonds is 2. The molecule has 2 fully saturated rings. The highest BCUT2D eigenvalue weighted by Gasteiger charge is 2.50. The number of hydrogen-bond acceptors (Lipinski definition) is 4. The molecule has 1 saturated carbocycles. The van der Waals surface area contributed by atoms with Gasteiger partial charge in [0, 0.05) is 6.54 Å². The summed E-state index contributed by atoms with van der Waals surface area (Å²) in [6, 6.07) is 0. The fraction of sp³-hybridized carbons (Fsp3) is 0.900. The van der Waals surface area contributed by atoms with Crippen molar-refractivity contribution in [1.82, 2.24) is 10.6 Å². The van der Waals surface area contributed by atoms with Gasteiger partial charge in [-0.3, -0.25) is 10.1 Å². The third kappa shape index (κ3) is 1.75. The average molecular weight is 213 g/mol. The maximum atomic E-state index is 11.8. The van der Waals surface area contributed by atoms with Gasteiger partial charge in [-0.2, -0.15) is 0 Å². The van der Waals surface area contributed by atoms with Crippen molar-refractivity contribution in [2.24, 2.45) is 11.7 Å². The number of nitrogens with two attached hydrogens (primary N) is 1. The molecule has 0 radical (unpaired) electrons. The maximum Gasteiger partial charge on any atom is 0.245 e. The highest BCUT2D eigenvalue weighted by molar-refractivity contribution is 5.89. The summed E-state index contributed by atoms with van der Waals surface area (Å²) >= 11 is 0. The Labute approximate surface area is 89.4 Å². The number of aliphatic hydroxyl groups excluding tert-OH is 1. The van der Waals surface area contributed by atoms with Crippen LogP contribution in [0.4, 0.5) is 0 Å². The van der Waals surface area contributed by atoms with E-state index in [1.54, 1.807) is 0 Å². The predicted octanol–water partition coefficient (Wildman–Crippen LogP) is -0.740. The zero-order valence-corrected chi connectivity index (χ0v) is 8.83. The summed E-state index contributed by atoms with van der Waals surface area (Å²) in [5.41, 5.74) is 4.98. The lowest BCUT2D eigenvalue weighted by atomic mass is 9.74. The van der Waals surface area contributed by atoms with E-state index in [9.17, 15) is 9.90 Å². The molecule has 0 aromatic rings. The normalized spacial score (nSPS) is 38.0. The van der Waals surface area contributed by atoms with E-state index in [1.807, 2.05) is 0 Å². The van der Waals surface area contributed by atoms with Gasteiger partial charge >= 0.3 is 0 Å². The van der Waals surface area contributed by atoms with Crippen molar-refractivity contribution in [1.29, 1.82) is 0 Å². The minimum atomic E-state index is -0.942. The molecule has 0 aromatic heterocycles. The van der Waals surface area contributed by atoms with Gasteiger partial charge in [0.25, 0.3) is 0 Å². The van der Waals surface area contributed by atoms with Gasteiger partial charge in [-0.05, 0) is 18.8 Å². The SMILES string of the molecule is NCC1(C2CCCCC2)NC(O)NC1=O. The maximum absolute atomic E-state index is 11.8. The summed E-state index contributed by atoms with van der Waals surface area (Å²) in [6.45, 7) is 0.251. The van der Waals surface area contributed by atoms with Gasteiger partial charge < -0.3 is 16.2 Å². The molecule has 86 valence electrons. The van der Waals surface area contributed by atoms with E-state index < -0.39 is 11.9 Å². The molecule has 1 heterocycles. The lowest BCUT2D eigenvalue weighted by molar-refractivity contribution is -0.126. The van der Waals surface area contributed by atoms with E-state index in [0.29, 0.717) is 0 Å². The van der Waals surface area contributed by atoms with Crippen molar-refractivity contribution in [3.05, 3.63) is 0 Å². The first-order chi connectivity index (χ1) is 7.19. The molecule has 0 spiro atoms. The summed E-state index contributed by atoms with van der Waals surface area (Å²) in [5.74, 6) is 0.109. The van der Waals surface area contributed by atoms with E-state index in [2.05, 4.69) is 10.6 Å². The van der Waals surface area contributed by atoms with Gasteiger partial charge in [-0.15, -0.1) is 0 Å². The first kappa shape index (κ1) is 10.9. The summed E-state index contributed by atoms with van der Waals surface area (Å²) < 4.78 is 0. The Morgan fingerprint density at radius 3 is 2.53 bits per heavy atom. The van der Waals surface area contributed by atoms with Crippen molar-refractivity contribution >= 4 is 5.91 Å². The second-order valence-corrected chi connectivity index (χ2v) is 4.53. The van der Waals surface area contributed by atoms with Crippen molar-refractivity contribution < 1.29 is 9.90 Å². The average Bonchev–Trinajstić information content (AvgIpc) is 2.56. The van der Waals surface area contributed by atoms with Crippen molar-refractivity contribution in [2.75, 3.05) is 6.54 Å². The Morgan fingerprint density at radius 2 is 2.07 bits per heavy atom. The Kier molecular flexibility index (Phi) is 2.95. The third-order valence-electron chi connectivity index (χ3n) is 3.69. The molecule has 2 unspecified atom stereocenters. The van der Waals surface area contributed by atoms with E-state index in [1.165, 1.54) is 6.42 Å². The smallest absolute Gasteiger partial charge is 0.245 e. The topological polar surface area (TPSA) is 87.4 Å². The number of carbonyl (C=O) groups excluding carboxylic acids is 1. The van der Waals surface area contributed by atoms with Crippen LogP contribution in [0.3, 0.4) is 0 Å². The van der Waals surface area contributed by atoms with Gasteiger partial charge in [0.1, 0.15) is 5.54 Å². The van der Waals surface area contributed by atoms with Gasteiger partial charge in [0.15, 0.2) is 6.35 Å². The number of nitrogens with one attached hydrogen (secondary N) is 2. The van der Waals surface area contributed by atoms with Crippen molar-refractivity contribution in [2.45, 2.75) is 44.0 Å². The molecule has 2 rings (SSSR count). The summed E-state index contributed by atoms with van der Waals surface area (Å²) in [4.78, 5) is 11.8. The van der Waals surface area contributed by atoms with Crippen molar-refractivity contribution in [3.63, 3.8) is 0 Å². The summed E-state index contributed by atoms with van der Waals surface area (Å²) in [6.07, 6.45) is 4.63. The molecular formula is C10H19N3O2. The highest BCUT2D eigenvalue weighted by atomic mass is 16.3. The van der Waals surface area contributed by atoms with Crippen LogP contribution in [-0.4, -0.2) is 29.4 Å². The van der Waals surface area contributed by atoms with Gasteiger partial charge in [-0.1, -0.05) is 19.3 Å². The molecule has 1 saturated heterocycles. The Bertz CT molecular complexity index is 253. The quantitative estimate of drug-likeness (QED) is 0.486. The second-order valence-electron chi connectivity index (χ2n) is 4.53. The van der Waals surface area contributed by atoms with Crippen molar-refractivity contribution in [3.8, 4) is 0 Å². The lowest BCUT2D eigenvalue weighted by Crippen LogP contribution is -2.59. The first-order valence-electron chi connectivity index (χ1n) is 5.66. The molecule has 2 atom stereocenters. The van der Waals surface area contributed by atoms with Crippen LogP contribution >= 0.6 is 0 Å². The number of aliphatic hydroxyl groups is 1. The molecule has 1 aliphatic carbocycles. The largest absolute Gasteiger partial charge is 0.361 e. The van der Waals surface area contributed by atoms with Gasteiger partial charge in [0.05, 0.1) is 0 Å². The van der Waals surface area contributed by atoms with Gasteiger partial charge in [0.2, 0.25) is 5.91 Å². The van der Waals surface area contributed by atoms with E-state index in [4.69, 9.17) is 5.73 Å². The minimum Gasteiger partial charge on any atom is -0.361 e. The Morgan fingerprint density at radius 1 is 1.40 bits per heavy atom. The molecule has 5 heteroatoms. The molecule has 1 aliphatic heterocycles. The van der Waals surface area contributed by atoms with Crippen LogP contribution in [0.25, 0.3) is 0 Å². The fourth-order valence-corrected chi connectivity index (χ4v) is 2.82. The molecule has 2 aliphatic rings. The highest BCUT2D eigenvalue weighted by Crippen LogP contribution is 2.34. The van der Waals surface area contributed by atoms with Crippen LogP contribution < -0.4 is 16.4 Å². The Hall–Kier alpha value is -0.650. The second kappa shape index (κ2) is 4.08. The van der Waals surface area contributed by atoms with E-state index in [-0.39, 0.29) is 18.4 Å². The van der Waals surface area contributed by atoms with Crippen LogP contribution in [0, 0.1) is 5.92 Å². The summed E-state index contributed by atoms with van der Waals surface area (Å²) in [7, 11) is 0. The number of hydrogen-bond donors (Lipinski definition) is 4. The van der Waals surface area contributed by atoms with Crippen LogP contribution in [-0.2, 0) is 4.79 Å². The molecule has 15 heavy (non-hydrogen) atoms. The zero-order valence-electron chi connectivity index (χ0n) is 8.83. The predicted molar refractivity (Wildman–Crippen MR) is 55.6 cm³/mol. The van der Waals surface area contributed by atoms with Crippen LogP contribution in [0.5, 0.6) is 0 Å². The van der Waals surface area contributed by atoms with E-state index >= 15 is 0 Å². The molecule has 0 bridgehead atoms. The summed E-state index contributed by atoms with van der Waals surface area (Å²) in [5, 5.41) is 14.8. The monoisotopic (exact) mass is 213 g/mol. The Balaban J connectivity index is 2.16. The minimum absolute atomic E-state index is 0.149. The molecular weight excluding hydrogens is 194 g/mol. The van der Waals surface area contributed by atoms with Crippen LogP contribution in [0.15, 0.2) is 0 Å². The standard InChI is InChI=1S/C10H19N3O2/c11-6-10(7-4-2-1-3-5-7)8(14)12-9(15)13-10/h7,9,13,15H,1-6,11H2,(H,12,14). The molecule has 5 nitrogen and oxygen atoms in total. The number of carbonyl (C=O) groups is 1. The van der Waals surface area contributed by atoms with Crippen LogP contribution in [0.1, 0.15) is 32.1 Å². The number of amides is 1. The lowest BCUT2D eigenvalue weighted by Gasteiger charge is -2.36. The van der Waals surface area contributed by atoms with Crippen LogP contribution in [0.2, 0.25) is 0 Å².